The van der Waals surface area contributed by atoms with E-state index in [1.54, 1.807) is 0 Å². The van der Waals surface area contributed by atoms with E-state index in [1.807, 2.05) is 0 Å². The van der Waals surface area contributed by atoms with Gasteiger partial charge in [-0.15, -0.1) is 0 Å². The molecule has 0 amide bonds. The topological polar surface area (TPSA) is 9.23 Å². The highest BCUT2D eigenvalue weighted by Gasteiger charge is 2.40. The van der Waals surface area contributed by atoms with Crippen molar-refractivity contribution in [2.24, 2.45) is 11.8 Å². The van der Waals surface area contributed by atoms with Crippen molar-refractivity contribution in [2.75, 3.05) is 6.61 Å². The van der Waals surface area contributed by atoms with E-state index >= 15 is 0 Å². The van der Waals surface area contributed by atoms with Crippen LogP contribution in [-0.4, -0.2) is 12.2 Å². The maximum atomic E-state index is 6.09. The second-order valence-electron chi connectivity index (χ2n) is 5.41. The van der Waals surface area contributed by atoms with Gasteiger partial charge in [0, 0.05) is 6.61 Å². The molecule has 0 saturated carbocycles. The standard InChI is InChI=1S/C14H28O/c1-5-9-14(10-7-12(3)6-2)13(4)8-11-15-14/h12-13H,5-11H2,1-4H3. The lowest BCUT2D eigenvalue weighted by Crippen LogP contribution is -2.34. The number of ether oxygens (including phenoxy) is 1. The summed E-state index contributed by atoms with van der Waals surface area (Å²) in [6.07, 6.45) is 7.68. The van der Waals surface area contributed by atoms with E-state index in [9.17, 15) is 0 Å². The molecular weight excluding hydrogens is 184 g/mol. The average Bonchev–Trinajstić information content (AvgIpc) is 2.58. The van der Waals surface area contributed by atoms with Crippen molar-refractivity contribution in [2.45, 2.75) is 71.8 Å². The first kappa shape index (κ1) is 13.0. The van der Waals surface area contributed by atoms with E-state index < -0.39 is 0 Å². The Balaban J connectivity index is 2.49. The average molecular weight is 212 g/mol. The van der Waals surface area contributed by atoms with Crippen molar-refractivity contribution in [3.8, 4) is 0 Å². The van der Waals surface area contributed by atoms with Crippen molar-refractivity contribution in [3.63, 3.8) is 0 Å². The van der Waals surface area contributed by atoms with Gasteiger partial charge >= 0.3 is 0 Å². The van der Waals surface area contributed by atoms with Crippen LogP contribution in [0.1, 0.15) is 66.2 Å². The summed E-state index contributed by atoms with van der Waals surface area (Å²) in [6.45, 7) is 10.3. The molecule has 1 fully saturated rings. The lowest BCUT2D eigenvalue weighted by Gasteiger charge is -2.33. The van der Waals surface area contributed by atoms with E-state index in [4.69, 9.17) is 4.74 Å². The lowest BCUT2D eigenvalue weighted by atomic mass is 9.79. The molecule has 1 aliphatic heterocycles. The predicted octanol–water partition coefficient (Wildman–Crippen LogP) is 4.41. The van der Waals surface area contributed by atoms with Gasteiger partial charge in [-0.25, -0.2) is 0 Å². The zero-order valence-corrected chi connectivity index (χ0v) is 11.0. The van der Waals surface area contributed by atoms with Crippen LogP contribution >= 0.6 is 0 Å². The summed E-state index contributed by atoms with van der Waals surface area (Å²) in [7, 11) is 0. The molecule has 0 aromatic carbocycles. The summed E-state index contributed by atoms with van der Waals surface area (Å²) in [5.41, 5.74) is 0.234. The van der Waals surface area contributed by atoms with Gasteiger partial charge in [-0.05, 0) is 37.5 Å². The lowest BCUT2D eigenvalue weighted by molar-refractivity contribution is -0.0361. The molecule has 0 aromatic rings. The highest BCUT2D eigenvalue weighted by atomic mass is 16.5. The summed E-state index contributed by atoms with van der Waals surface area (Å²) in [4.78, 5) is 0. The minimum absolute atomic E-state index is 0.234. The fourth-order valence-corrected chi connectivity index (χ4v) is 2.72. The molecule has 1 saturated heterocycles. The van der Waals surface area contributed by atoms with Crippen LogP contribution < -0.4 is 0 Å². The molecule has 1 aliphatic rings. The van der Waals surface area contributed by atoms with Gasteiger partial charge in [0.25, 0.3) is 0 Å². The third-order valence-corrected chi connectivity index (χ3v) is 4.27. The Hall–Kier alpha value is -0.0400. The van der Waals surface area contributed by atoms with Crippen LogP contribution in [-0.2, 0) is 4.74 Å². The second-order valence-corrected chi connectivity index (χ2v) is 5.41. The van der Waals surface area contributed by atoms with Crippen molar-refractivity contribution < 1.29 is 4.74 Å². The second kappa shape index (κ2) is 5.89. The summed E-state index contributed by atoms with van der Waals surface area (Å²) in [6, 6.07) is 0. The molecule has 90 valence electrons. The molecule has 1 nitrogen and oxygen atoms in total. The smallest absolute Gasteiger partial charge is 0.0708 e. The van der Waals surface area contributed by atoms with Gasteiger partial charge in [0.15, 0.2) is 0 Å². The molecule has 0 bridgehead atoms. The molecule has 1 rings (SSSR count). The first-order chi connectivity index (χ1) is 7.14. The van der Waals surface area contributed by atoms with Gasteiger partial charge in [-0.1, -0.05) is 40.5 Å². The van der Waals surface area contributed by atoms with Crippen LogP contribution in [0.5, 0.6) is 0 Å². The third-order valence-electron chi connectivity index (χ3n) is 4.27. The number of hydrogen-bond acceptors (Lipinski definition) is 1. The molecule has 0 N–H and O–H groups in total. The monoisotopic (exact) mass is 212 g/mol. The van der Waals surface area contributed by atoms with Crippen molar-refractivity contribution in [1.29, 1.82) is 0 Å². The van der Waals surface area contributed by atoms with Gasteiger partial charge in [0.05, 0.1) is 5.60 Å². The molecule has 0 radical (unpaired) electrons. The Kier molecular flexibility index (Phi) is 5.11. The van der Waals surface area contributed by atoms with Crippen LogP contribution in [0, 0.1) is 11.8 Å². The number of rotatable bonds is 6. The van der Waals surface area contributed by atoms with Crippen LogP contribution in [0.15, 0.2) is 0 Å². The molecular formula is C14H28O. The highest BCUT2D eigenvalue weighted by molar-refractivity contribution is 4.90. The zero-order valence-electron chi connectivity index (χ0n) is 11.0. The minimum Gasteiger partial charge on any atom is -0.375 e. The Morgan fingerprint density at radius 1 is 1.33 bits per heavy atom. The van der Waals surface area contributed by atoms with Crippen molar-refractivity contribution >= 4 is 0 Å². The van der Waals surface area contributed by atoms with Crippen LogP contribution in [0.25, 0.3) is 0 Å². The van der Waals surface area contributed by atoms with Crippen LogP contribution in [0.3, 0.4) is 0 Å². The van der Waals surface area contributed by atoms with E-state index in [2.05, 4.69) is 27.7 Å². The molecule has 3 unspecified atom stereocenters. The predicted molar refractivity (Wildman–Crippen MR) is 66.1 cm³/mol. The molecule has 1 heterocycles. The van der Waals surface area contributed by atoms with Gasteiger partial charge in [0.2, 0.25) is 0 Å². The normalized spacial score (nSPS) is 33.2. The maximum absolute atomic E-state index is 6.09. The number of hydrogen-bond donors (Lipinski definition) is 0. The molecule has 1 heteroatoms. The SMILES string of the molecule is CCCC1(CCC(C)CC)OCCC1C. The summed E-state index contributed by atoms with van der Waals surface area (Å²) in [5.74, 6) is 1.62. The quantitative estimate of drug-likeness (QED) is 0.634. The van der Waals surface area contributed by atoms with Gasteiger partial charge in [-0.2, -0.15) is 0 Å². The van der Waals surface area contributed by atoms with Crippen LogP contribution in [0.4, 0.5) is 0 Å². The van der Waals surface area contributed by atoms with Crippen molar-refractivity contribution in [1.82, 2.24) is 0 Å². The van der Waals surface area contributed by atoms with E-state index in [0.717, 1.165) is 18.4 Å². The Labute approximate surface area is 95.6 Å². The van der Waals surface area contributed by atoms with E-state index in [-0.39, 0.29) is 5.60 Å². The van der Waals surface area contributed by atoms with E-state index in [0.29, 0.717) is 0 Å². The summed E-state index contributed by atoms with van der Waals surface area (Å²) in [5, 5.41) is 0. The molecule has 0 aliphatic carbocycles. The Morgan fingerprint density at radius 2 is 2.07 bits per heavy atom. The van der Waals surface area contributed by atoms with Crippen LogP contribution in [0.2, 0.25) is 0 Å². The highest BCUT2D eigenvalue weighted by Crippen LogP contribution is 2.40. The first-order valence-corrected chi connectivity index (χ1v) is 6.78. The minimum atomic E-state index is 0.234. The van der Waals surface area contributed by atoms with E-state index in [1.165, 1.54) is 38.5 Å². The zero-order chi connectivity index (χ0) is 11.3. The fourth-order valence-electron chi connectivity index (χ4n) is 2.72. The Bertz CT molecular complexity index is 178. The van der Waals surface area contributed by atoms with Crippen molar-refractivity contribution in [3.05, 3.63) is 0 Å². The maximum Gasteiger partial charge on any atom is 0.0708 e. The summed E-state index contributed by atoms with van der Waals surface area (Å²) >= 11 is 0. The first-order valence-electron chi connectivity index (χ1n) is 6.78. The van der Waals surface area contributed by atoms with Gasteiger partial charge in [-0.3, -0.25) is 0 Å². The molecule has 3 atom stereocenters. The molecule has 0 spiro atoms. The van der Waals surface area contributed by atoms with Gasteiger partial charge in [0.1, 0.15) is 0 Å². The summed E-state index contributed by atoms with van der Waals surface area (Å²) < 4.78 is 6.09. The van der Waals surface area contributed by atoms with Gasteiger partial charge < -0.3 is 4.74 Å². The Morgan fingerprint density at radius 3 is 2.53 bits per heavy atom. The fraction of sp³-hybridized carbons (Fsp3) is 1.00. The third kappa shape index (κ3) is 3.21. The molecule has 15 heavy (non-hydrogen) atoms. The largest absolute Gasteiger partial charge is 0.375 e. The molecule has 0 aromatic heterocycles.